The summed E-state index contributed by atoms with van der Waals surface area (Å²) in [5, 5.41) is 5.35. The third-order valence-electron chi connectivity index (χ3n) is 4.82. The van der Waals surface area contributed by atoms with Gasteiger partial charge in [-0.25, -0.2) is 8.42 Å². The molecule has 1 aromatic heterocycles. The number of nitrogens with zero attached hydrogens (tertiary/aromatic N) is 1. The van der Waals surface area contributed by atoms with Crippen LogP contribution in [0.1, 0.15) is 31.6 Å². The number of nitrogens with one attached hydrogen (secondary N) is 2. The molecule has 0 unspecified atom stereocenters. The number of rotatable bonds is 10. The van der Waals surface area contributed by atoms with Gasteiger partial charge in [0.15, 0.2) is 0 Å². The third-order valence-corrected chi connectivity index (χ3v) is 6.63. The van der Waals surface area contributed by atoms with Gasteiger partial charge in [0.25, 0.3) is 0 Å². The zero-order valence-corrected chi connectivity index (χ0v) is 19.4. The Kier molecular flexibility index (Phi) is 8.02. The first-order chi connectivity index (χ1) is 15.8. The Bertz CT molecular complexity index is 1170. The molecule has 0 aliphatic carbocycles. The van der Waals surface area contributed by atoms with Gasteiger partial charge in [-0.2, -0.15) is 4.31 Å². The molecule has 8 nitrogen and oxygen atoms in total. The van der Waals surface area contributed by atoms with Crippen LogP contribution in [-0.2, 0) is 32.6 Å². The first kappa shape index (κ1) is 24.2. The number of carbonyl (C=O) groups is 2. The van der Waals surface area contributed by atoms with Gasteiger partial charge in [0.05, 0.1) is 24.2 Å². The standard InChI is InChI=1S/C24H27N3O5S/c1-3-5-19-7-9-21(10-8-19)26-24(29)17-27(16-22-6-4-15-32-22)33(30,31)23-13-11-20(12-14-23)25-18(2)28/h4,6-15H,3,5,16-17H2,1-2H3,(H,25,28)(H,26,29). The van der Waals surface area contributed by atoms with Crippen LogP contribution in [0, 0.1) is 0 Å². The summed E-state index contributed by atoms with van der Waals surface area (Å²) in [5.41, 5.74) is 2.23. The second-order valence-electron chi connectivity index (χ2n) is 7.55. The van der Waals surface area contributed by atoms with Gasteiger partial charge < -0.3 is 15.1 Å². The molecular weight excluding hydrogens is 442 g/mol. The molecule has 3 aromatic rings. The number of furan rings is 1. The number of amides is 2. The molecule has 0 radical (unpaired) electrons. The number of anilines is 2. The highest BCUT2D eigenvalue weighted by Crippen LogP contribution is 2.21. The van der Waals surface area contributed by atoms with E-state index in [1.165, 1.54) is 43.0 Å². The SMILES string of the molecule is CCCc1ccc(NC(=O)CN(Cc2ccco2)S(=O)(=O)c2ccc(NC(C)=O)cc2)cc1. The van der Waals surface area contributed by atoms with E-state index in [1.54, 1.807) is 24.3 Å². The molecule has 0 aliphatic rings. The summed E-state index contributed by atoms with van der Waals surface area (Å²) in [7, 11) is -4.02. The summed E-state index contributed by atoms with van der Waals surface area (Å²) in [4.78, 5) is 23.9. The maximum absolute atomic E-state index is 13.3. The lowest BCUT2D eigenvalue weighted by Gasteiger charge is -2.21. The van der Waals surface area contributed by atoms with Crippen molar-refractivity contribution in [3.05, 3.63) is 78.3 Å². The number of hydrogen-bond donors (Lipinski definition) is 2. The van der Waals surface area contributed by atoms with E-state index in [4.69, 9.17) is 4.42 Å². The Morgan fingerprint density at radius 1 is 0.939 bits per heavy atom. The number of benzene rings is 2. The van der Waals surface area contributed by atoms with E-state index >= 15 is 0 Å². The molecule has 0 saturated heterocycles. The molecule has 174 valence electrons. The fraction of sp³-hybridized carbons (Fsp3) is 0.250. The van der Waals surface area contributed by atoms with E-state index in [-0.39, 0.29) is 17.3 Å². The second kappa shape index (κ2) is 10.9. The van der Waals surface area contributed by atoms with Crippen LogP contribution < -0.4 is 10.6 Å². The number of carbonyl (C=O) groups excluding carboxylic acids is 2. The van der Waals surface area contributed by atoms with Gasteiger partial charge in [0, 0.05) is 18.3 Å². The Hall–Kier alpha value is -3.43. The summed E-state index contributed by atoms with van der Waals surface area (Å²) in [6.45, 7) is 2.96. The molecule has 0 spiro atoms. The largest absolute Gasteiger partial charge is 0.468 e. The van der Waals surface area contributed by atoms with E-state index in [0.717, 1.165) is 17.1 Å². The first-order valence-corrected chi connectivity index (χ1v) is 12.0. The summed E-state index contributed by atoms with van der Waals surface area (Å²) in [6.07, 6.45) is 3.42. The van der Waals surface area contributed by atoms with Crippen LogP contribution in [-0.4, -0.2) is 31.1 Å². The van der Waals surface area contributed by atoms with Gasteiger partial charge in [-0.1, -0.05) is 25.5 Å². The molecule has 2 N–H and O–H groups in total. The smallest absolute Gasteiger partial charge is 0.243 e. The van der Waals surface area contributed by atoms with Gasteiger partial charge in [0.2, 0.25) is 21.8 Å². The van der Waals surface area contributed by atoms with Crippen LogP contribution in [0.2, 0.25) is 0 Å². The molecular formula is C24H27N3O5S. The Morgan fingerprint density at radius 2 is 1.58 bits per heavy atom. The zero-order valence-electron chi connectivity index (χ0n) is 18.6. The quantitative estimate of drug-likeness (QED) is 0.466. The molecule has 1 heterocycles. The van der Waals surface area contributed by atoms with Crippen LogP contribution in [0.5, 0.6) is 0 Å². The van der Waals surface area contributed by atoms with Crippen molar-refractivity contribution in [2.75, 3.05) is 17.2 Å². The van der Waals surface area contributed by atoms with Crippen molar-refractivity contribution in [2.45, 2.75) is 38.1 Å². The molecule has 33 heavy (non-hydrogen) atoms. The van der Waals surface area contributed by atoms with Crippen molar-refractivity contribution in [3.8, 4) is 0 Å². The number of hydrogen-bond acceptors (Lipinski definition) is 5. The zero-order chi connectivity index (χ0) is 23.8. The third kappa shape index (κ3) is 6.77. The van der Waals surface area contributed by atoms with Crippen LogP contribution in [0.25, 0.3) is 0 Å². The minimum Gasteiger partial charge on any atom is -0.468 e. The monoisotopic (exact) mass is 469 g/mol. The maximum atomic E-state index is 13.3. The molecule has 0 atom stereocenters. The lowest BCUT2D eigenvalue weighted by atomic mass is 10.1. The normalized spacial score (nSPS) is 11.4. The van der Waals surface area contributed by atoms with Crippen molar-refractivity contribution < 1.29 is 22.4 Å². The molecule has 0 fully saturated rings. The molecule has 0 aliphatic heterocycles. The average molecular weight is 470 g/mol. The predicted octanol–water partition coefficient (Wildman–Crippen LogP) is 4.02. The highest BCUT2D eigenvalue weighted by atomic mass is 32.2. The van der Waals surface area contributed by atoms with Gasteiger partial charge in [-0.15, -0.1) is 0 Å². The van der Waals surface area contributed by atoms with Crippen molar-refractivity contribution >= 4 is 33.2 Å². The lowest BCUT2D eigenvalue weighted by molar-refractivity contribution is -0.116. The highest BCUT2D eigenvalue weighted by Gasteiger charge is 2.28. The minimum atomic E-state index is -4.02. The number of sulfonamides is 1. The average Bonchev–Trinajstić information content (AvgIpc) is 3.28. The molecule has 0 bridgehead atoms. The molecule has 9 heteroatoms. The van der Waals surface area contributed by atoms with Gasteiger partial charge in [-0.3, -0.25) is 9.59 Å². The lowest BCUT2D eigenvalue weighted by Crippen LogP contribution is -2.37. The van der Waals surface area contributed by atoms with E-state index in [0.29, 0.717) is 17.1 Å². The highest BCUT2D eigenvalue weighted by molar-refractivity contribution is 7.89. The van der Waals surface area contributed by atoms with Crippen molar-refractivity contribution in [1.29, 1.82) is 0 Å². The number of aryl methyl sites for hydroxylation is 1. The predicted molar refractivity (Wildman–Crippen MR) is 126 cm³/mol. The Balaban J connectivity index is 1.78. The summed E-state index contributed by atoms with van der Waals surface area (Å²) in [6, 6.07) is 16.5. The van der Waals surface area contributed by atoms with Crippen LogP contribution >= 0.6 is 0 Å². The minimum absolute atomic E-state index is 0.000114. The van der Waals surface area contributed by atoms with Crippen LogP contribution in [0.15, 0.2) is 76.2 Å². The second-order valence-corrected chi connectivity index (χ2v) is 9.49. The van der Waals surface area contributed by atoms with E-state index in [1.807, 2.05) is 12.1 Å². The van der Waals surface area contributed by atoms with Gasteiger partial charge in [-0.05, 0) is 60.5 Å². The summed E-state index contributed by atoms with van der Waals surface area (Å²) >= 11 is 0. The molecule has 3 rings (SSSR count). The first-order valence-electron chi connectivity index (χ1n) is 10.6. The van der Waals surface area contributed by atoms with Crippen molar-refractivity contribution in [2.24, 2.45) is 0 Å². The van der Waals surface area contributed by atoms with Crippen molar-refractivity contribution in [3.63, 3.8) is 0 Å². The van der Waals surface area contributed by atoms with Crippen LogP contribution in [0.4, 0.5) is 11.4 Å². The fourth-order valence-electron chi connectivity index (χ4n) is 3.27. The maximum Gasteiger partial charge on any atom is 0.243 e. The van der Waals surface area contributed by atoms with Gasteiger partial charge in [0.1, 0.15) is 5.76 Å². The fourth-order valence-corrected chi connectivity index (χ4v) is 4.63. The Labute approximate surface area is 193 Å². The van der Waals surface area contributed by atoms with E-state index in [2.05, 4.69) is 17.6 Å². The molecule has 2 aromatic carbocycles. The van der Waals surface area contributed by atoms with E-state index in [9.17, 15) is 18.0 Å². The Morgan fingerprint density at radius 3 is 2.15 bits per heavy atom. The molecule has 2 amide bonds. The van der Waals surface area contributed by atoms with Crippen LogP contribution in [0.3, 0.4) is 0 Å². The summed E-state index contributed by atoms with van der Waals surface area (Å²) < 4.78 is 33.0. The summed E-state index contributed by atoms with van der Waals surface area (Å²) in [5.74, 6) is -0.321. The van der Waals surface area contributed by atoms with Gasteiger partial charge >= 0.3 is 0 Å². The van der Waals surface area contributed by atoms with E-state index < -0.39 is 22.5 Å². The van der Waals surface area contributed by atoms with Crippen molar-refractivity contribution in [1.82, 2.24) is 4.31 Å². The molecule has 0 saturated carbocycles. The topological polar surface area (TPSA) is 109 Å².